The van der Waals surface area contributed by atoms with Gasteiger partial charge >= 0.3 is 0 Å². The van der Waals surface area contributed by atoms with Crippen molar-refractivity contribution in [1.29, 1.82) is 0 Å². The third-order valence-electron chi connectivity index (χ3n) is 2.97. The summed E-state index contributed by atoms with van der Waals surface area (Å²) in [4.78, 5) is 0. The molecule has 0 aliphatic rings. The minimum absolute atomic E-state index is 0.196. The minimum Gasteiger partial charge on any atom is -0.367 e. The molecule has 0 fully saturated rings. The van der Waals surface area contributed by atoms with Gasteiger partial charge in [-0.1, -0.05) is 41.0 Å². The molecule has 0 amide bonds. The quantitative estimate of drug-likeness (QED) is 0.761. The van der Waals surface area contributed by atoms with Crippen molar-refractivity contribution in [3.05, 3.63) is 59.4 Å². The summed E-state index contributed by atoms with van der Waals surface area (Å²) >= 11 is 5.87. The third-order valence-corrected chi connectivity index (χ3v) is 3.22. The lowest BCUT2D eigenvalue weighted by Crippen LogP contribution is -1.88. The molecule has 0 aliphatic heterocycles. The van der Waals surface area contributed by atoms with Crippen LogP contribution in [0.4, 0.5) is 10.3 Å². The van der Waals surface area contributed by atoms with Crippen molar-refractivity contribution >= 4 is 17.5 Å². The van der Waals surface area contributed by atoms with Crippen LogP contribution in [0.2, 0.25) is 5.02 Å². The van der Waals surface area contributed by atoms with Crippen molar-refractivity contribution in [2.45, 2.75) is 0 Å². The summed E-state index contributed by atoms with van der Waals surface area (Å²) in [5, 5.41) is 4.61. The van der Waals surface area contributed by atoms with Crippen molar-refractivity contribution in [1.82, 2.24) is 5.16 Å². The van der Waals surface area contributed by atoms with Gasteiger partial charge in [-0.3, -0.25) is 0 Å². The number of hydrogen-bond donors (Lipinski definition) is 1. The normalized spacial score (nSPS) is 10.7. The van der Waals surface area contributed by atoms with E-state index in [2.05, 4.69) is 5.16 Å². The number of nitrogens with zero attached hydrogens (tertiary/aromatic N) is 1. The average Bonchev–Trinajstić information content (AvgIpc) is 2.83. The zero-order valence-electron chi connectivity index (χ0n) is 10.3. The van der Waals surface area contributed by atoms with Gasteiger partial charge in [0.15, 0.2) is 0 Å². The fourth-order valence-corrected chi connectivity index (χ4v) is 2.13. The van der Waals surface area contributed by atoms with Crippen LogP contribution >= 0.6 is 11.6 Å². The molecule has 5 heteroatoms. The standard InChI is InChI=1S/C15H10ClFN2O/c16-11-5-1-10(2-6-11)14-13(15(18)20-19-14)9-3-7-12(17)8-4-9/h1-8H,18H2. The molecule has 100 valence electrons. The molecule has 20 heavy (non-hydrogen) atoms. The van der Waals surface area contributed by atoms with Gasteiger partial charge in [-0.2, -0.15) is 0 Å². The molecular formula is C15H10ClFN2O. The van der Waals surface area contributed by atoms with E-state index in [0.717, 1.165) is 11.1 Å². The second-order valence-electron chi connectivity index (χ2n) is 4.28. The monoisotopic (exact) mass is 288 g/mol. The van der Waals surface area contributed by atoms with Crippen LogP contribution in [0.3, 0.4) is 0 Å². The maximum absolute atomic E-state index is 13.0. The Morgan fingerprint density at radius 3 is 2.20 bits per heavy atom. The van der Waals surface area contributed by atoms with Gasteiger partial charge in [-0.15, -0.1) is 0 Å². The topological polar surface area (TPSA) is 52.0 Å². The zero-order valence-corrected chi connectivity index (χ0v) is 11.1. The SMILES string of the molecule is Nc1onc(-c2ccc(Cl)cc2)c1-c1ccc(F)cc1. The maximum atomic E-state index is 13.0. The molecule has 0 bridgehead atoms. The van der Waals surface area contributed by atoms with E-state index in [-0.39, 0.29) is 11.7 Å². The number of anilines is 1. The highest BCUT2D eigenvalue weighted by Gasteiger charge is 2.17. The van der Waals surface area contributed by atoms with Gasteiger partial charge in [0.25, 0.3) is 0 Å². The lowest BCUT2D eigenvalue weighted by Gasteiger charge is -2.03. The summed E-state index contributed by atoms with van der Waals surface area (Å²) in [6.07, 6.45) is 0. The Balaban J connectivity index is 2.14. The van der Waals surface area contributed by atoms with Gasteiger partial charge in [0.2, 0.25) is 5.88 Å². The third kappa shape index (κ3) is 2.26. The number of hydrogen-bond acceptors (Lipinski definition) is 3. The molecule has 3 nitrogen and oxygen atoms in total. The Bertz CT molecular complexity index is 736. The van der Waals surface area contributed by atoms with E-state index >= 15 is 0 Å². The van der Waals surface area contributed by atoms with Crippen LogP contribution in [0.5, 0.6) is 0 Å². The van der Waals surface area contributed by atoms with E-state index in [1.54, 1.807) is 24.3 Å². The molecule has 2 aromatic carbocycles. The molecular weight excluding hydrogens is 279 g/mol. The van der Waals surface area contributed by atoms with Crippen molar-refractivity contribution < 1.29 is 8.91 Å². The first kappa shape index (κ1) is 12.7. The Hall–Kier alpha value is -2.33. The molecule has 0 aliphatic carbocycles. The average molecular weight is 289 g/mol. The van der Waals surface area contributed by atoms with Gasteiger partial charge in [0, 0.05) is 10.6 Å². The number of rotatable bonds is 2. The molecule has 0 atom stereocenters. The summed E-state index contributed by atoms with van der Waals surface area (Å²) in [5.41, 5.74) is 8.65. The predicted molar refractivity (Wildman–Crippen MR) is 76.8 cm³/mol. The number of aromatic nitrogens is 1. The van der Waals surface area contributed by atoms with Gasteiger partial charge in [0.1, 0.15) is 11.5 Å². The van der Waals surface area contributed by atoms with E-state index in [1.165, 1.54) is 12.1 Å². The Kier molecular flexibility index (Phi) is 3.16. The molecule has 1 aromatic heterocycles. The van der Waals surface area contributed by atoms with Crippen molar-refractivity contribution in [3.8, 4) is 22.4 Å². The minimum atomic E-state index is -0.309. The predicted octanol–water partition coefficient (Wildman–Crippen LogP) is 4.38. The van der Waals surface area contributed by atoms with Gasteiger partial charge in [0.05, 0.1) is 5.56 Å². The van der Waals surface area contributed by atoms with Crippen molar-refractivity contribution in [2.75, 3.05) is 5.73 Å². The summed E-state index contributed by atoms with van der Waals surface area (Å²) < 4.78 is 18.1. The molecule has 0 spiro atoms. The van der Waals surface area contributed by atoms with E-state index in [1.807, 2.05) is 12.1 Å². The summed E-state index contributed by atoms with van der Waals surface area (Å²) in [5.74, 6) is -0.113. The highest BCUT2D eigenvalue weighted by atomic mass is 35.5. The highest BCUT2D eigenvalue weighted by molar-refractivity contribution is 6.30. The van der Waals surface area contributed by atoms with Crippen molar-refractivity contribution in [2.24, 2.45) is 0 Å². The molecule has 0 unspecified atom stereocenters. The maximum Gasteiger partial charge on any atom is 0.230 e. The van der Waals surface area contributed by atoms with Crippen LogP contribution in [0, 0.1) is 5.82 Å². The number of nitrogens with two attached hydrogens (primary N) is 1. The molecule has 2 N–H and O–H groups in total. The van der Waals surface area contributed by atoms with Gasteiger partial charge in [-0.25, -0.2) is 4.39 Å². The molecule has 3 aromatic rings. The first-order valence-electron chi connectivity index (χ1n) is 5.92. The Morgan fingerprint density at radius 2 is 1.55 bits per heavy atom. The first-order valence-corrected chi connectivity index (χ1v) is 6.30. The van der Waals surface area contributed by atoms with Crippen LogP contribution in [-0.2, 0) is 0 Å². The Morgan fingerprint density at radius 1 is 0.950 bits per heavy atom. The van der Waals surface area contributed by atoms with E-state index in [0.29, 0.717) is 16.3 Å². The van der Waals surface area contributed by atoms with Crippen LogP contribution in [0.15, 0.2) is 53.1 Å². The molecule has 0 saturated heterocycles. The lowest BCUT2D eigenvalue weighted by atomic mass is 10.0. The lowest BCUT2D eigenvalue weighted by molar-refractivity contribution is 0.439. The smallest absolute Gasteiger partial charge is 0.230 e. The van der Waals surface area contributed by atoms with Crippen LogP contribution < -0.4 is 5.73 Å². The summed E-state index contributed by atoms with van der Waals surface area (Å²) in [6.45, 7) is 0. The molecule has 1 heterocycles. The fourth-order valence-electron chi connectivity index (χ4n) is 2.00. The summed E-state index contributed by atoms with van der Waals surface area (Å²) in [6, 6.07) is 13.2. The molecule has 0 saturated carbocycles. The largest absolute Gasteiger partial charge is 0.367 e. The van der Waals surface area contributed by atoms with Crippen LogP contribution in [-0.4, -0.2) is 5.16 Å². The van der Waals surface area contributed by atoms with E-state index < -0.39 is 0 Å². The van der Waals surface area contributed by atoms with E-state index in [4.69, 9.17) is 21.9 Å². The Labute approximate surface area is 119 Å². The van der Waals surface area contributed by atoms with Crippen LogP contribution in [0.25, 0.3) is 22.4 Å². The second-order valence-corrected chi connectivity index (χ2v) is 4.72. The van der Waals surface area contributed by atoms with Crippen LogP contribution in [0.1, 0.15) is 0 Å². The van der Waals surface area contributed by atoms with Gasteiger partial charge < -0.3 is 10.3 Å². The summed E-state index contributed by atoms with van der Waals surface area (Å²) in [7, 11) is 0. The first-order chi connectivity index (χ1) is 9.65. The van der Waals surface area contributed by atoms with E-state index in [9.17, 15) is 4.39 Å². The highest BCUT2D eigenvalue weighted by Crippen LogP contribution is 2.36. The number of halogens is 2. The second kappa shape index (κ2) is 4.98. The van der Waals surface area contributed by atoms with Gasteiger partial charge in [-0.05, 0) is 29.8 Å². The fraction of sp³-hybridized carbons (Fsp3) is 0. The number of nitrogen functional groups attached to an aromatic ring is 1. The molecule has 3 rings (SSSR count). The zero-order chi connectivity index (χ0) is 14.1. The number of benzene rings is 2. The van der Waals surface area contributed by atoms with Crippen molar-refractivity contribution in [3.63, 3.8) is 0 Å². The molecule has 0 radical (unpaired) electrons.